The second-order valence-electron chi connectivity index (χ2n) is 6.85. The highest BCUT2D eigenvalue weighted by Crippen LogP contribution is 2.28. The number of carbonyl (C=O) groups excluding carboxylic acids is 1. The molecule has 0 saturated carbocycles. The lowest BCUT2D eigenvalue weighted by Crippen LogP contribution is -2.36. The molecule has 7 nitrogen and oxygen atoms in total. The fourth-order valence-electron chi connectivity index (χ4n) is 2.86. The molecule has 0 radical (unpaired) electrons. The van der Waals surface area contributed by atoms with Crippen molar-refractivity contribution >= 4 is 6.03 Å². The van der Waals surface area contributed by atoms with E-state index in [1.54, 1.807) is 25.5 Å². The molecule has 3 rings (SSSR count). The summed E-state index contributed by atoms with van der Waals surface area (Å²) in [4.78, 5) is 16.6. The third-order valence-corrected chi connectivity index (χ3v) is 4.51. The minimum absolute atomic E-state index is 0.140. The summed E-state index contributed by atoms with van der Waals surface area (Å²) in [6.07, 6.45) is 7.42. The molecular formula is C24H25N3O4. The Morgan fingerprint density at radius 3 is 2.71 bits per heavy atom. The molecule has 0 fully saturated rings. The van der Waals surface area contributed by atoms with Crippen molar-refractivity contribution in [1.29, 1.82) is 0 Å². The summed E-state index contributed by atoms with van der Waals surface area (Å²) in [5.74, 6) is 4.11. The molecule has 2 amide bonds. The zero-order chi connectivity index (χ0) is 22.1. The number of terminal acetylenes is 1. The number of methoxy groups -OCH3 is 1. The van der Waals surface area contributed by atoms with Gasteiger partial charge in [0.1, 0.15) is 12.9 Å². The van der Waals surface area contributed by atoms with Gasteiger partial charge >= 0.3 is 6.03 Å². The van der Waals surface area contributed by atoms with E-state index in [-0.39, 0.29) is 12.6 Å². The first-order valence-electron chi connectivity index (χ1n) is 9.85. The zero-order valence-corrected chi connectivity index (χ0v) is 17.6. The van der Waals surface area contributed by atoms with Crippen molar-refractivity contribution in [3.8, 4) is 35.3 Å². The van der Waals surface area contributed by atoms with Gasteiger partial charge in [0.2, 0.25) is 5.89 Å². The summed E-state index contributed by atoms with van der Waals surface area (Å²) >= 11 is 0. The van der Waals surface area contributed by atoms with Crippen molar-refractivity contribution in [2.75, 3.05) is 20.3 Å². The van der Waals surface area contributed by atoms with Gasteiger partial charge in [-0.3, -0.25) is 0 Å². The van der Waals surface area contributed by atoms with Crippen LogP contribution < -0.4 is 20.1 Å². The van der Waals surface area contributed by atoms with Crippen LogP contribution in [-0.2, 0) is 13.0 Å². The maximum absolute atomic E-state index is 12.1. The summed E-state index contributed by atoms with van der Waals surface area (Å²) in [6, 6.07) is 13.1. The maximum atomic E-state index is 12.1. The molecule has 160 valence electrons. The molecule has 0 atom stereocenters. The third-order valence-electron chi connectivity index (χ3n) is 4.51. The van der Waals surface area contributed by atoms with Crippen molar-refractivity contribution in [2.45, 2.75) is 19.9 Å². The van der Waals surface area contributed by atoms with E-state index in [9.17, 15) is 4.79 Å². The fraction of sp³-hybridized carbons (Fsp3) is 0.250. The number of aromatic nitrogens is 1. The predicted octanol–water partition coefficient (Wildman–Crippen LogP) is 3.71. The van der Waals surface area contributed by atoms with Crippen LogP contribution >= 0.6 is 0 Å². The Bertz CT molecular complexity index is 1050. The van der Waals surface area contributed by atoms with Crippen molar-refractivity contribution in [2.24, 2.45) is 0 Å². The van der Waals surface area contributed by atoms with Gasteiger partial charge in [-0.25, -0.2) is 9.78 Å². The van der Waals surface area contributed by atoms with Crippen molar-refractivity contribution in [3.05, 3.63) is 65.5 Å². The summed E-state index contributed by atoms with van der Waals surface area (Å²) in [7, 11) is 1.56. The molecule has 2 N–H and O–H groups in total. The summed E-state index contributed by atoms with van der Waals surface area (Å²) < 4.78 is 16.3. The first kappa shape index (κ1) is 21.8. The monoisotopic (exact) mass is 419 g/mol. The smallest absolute Gasteiger partial charge is 0.315 e. The number of ether oxygens (including phenoxy) is 2. The molecule has 2 aromatic carbocycles. The number of carbonyl (C=O) groups is 1. The van der Waals surface area contributed by atoms with Gasteiger partial charge in [0.25, 0.3) is 0 Å². The number of oxazole rings is 1. The van der Waals surface area contributed by atoms with Crippen LogP contribution in [0.25, 0.3) is 11.5 Å². The molecule has 0 spiro atoms. The van der Waals surface area contributed by atoms with Crippen LogP contribution in [0.1, 0.15) is 16.8 Å². The van der Waals surface area contributed by atoms with Crippen molar-refractivity contribution in [1.82, 2.24) is 15.6 Å². The molecule has 0 unspecified atom stereocenters. The molecule has 3 aromatic rings. The van der Waals surface area contributed by atoms with Crippen LogP contribution in [0.5, 0.6) is 11.5 Å². The molecular weight excluding hydrogens is 394 g/mol. The Kier molecular flexibility index (Phi) is 7.55. The molecule has 7 heteroatoms. The number of urea groups is 1. The Morgan fingerprint density at radius 2 is 1.97 bits per heavy atom. The number of rotatable bonds is 9. The van der Waals surface area contributed by atoms with Gasteiger partial charge in [-0.1, -0.05) is 29.7 Å². The minimum Gasteiger partial charge on any atom is -0.493 e. The van der Waals surface area contributed by atoms with E-state index in [0.717, 1.165) is 16.8 Å². The molecule has 0 saturated heterocycles. The normalized spacial score (nSPS) is 10.2. The van der Waals surface area contributed by atoms with Crippen molar-refractivity contribution in [3.63, 3.8) is 0 Å². The number of nitrogens with zero attached hydrogens (tertiary/aromatic N) is 1. The maximum Gasteiger partial charge on any atom is 0.315 e. The van der Waals surface area contributed by atoms with E-state index >= 15 is 0 Å². The SMILES string of the molecule is C#CCOc1cc(CNC(=O)NCCc2coc(-c3ccc(C)cc3)n2)ccc1OC. The van der Waals surface area contributed by atoms with Crippen LogP contribution in [0, 0.1) is 19.3 Å². The Balaban J connectivity index is 1.45. The average Bonchev–Trinajstić information content (AvgIpc) is 3.25. The number of amides is 2. The average molecular weight is 419 g/mol. The lowest BCUT2D eigenvalue weighted by molar-refractivity contribution is 0.240. The third kappa shape index (κ3) is 6.28. The molecule has 0 aliphatic heterocycles. The van der Waals surface area contributed by atoms with Gasteiger partial charge in [0.05, 0.1) is 12.8 Å². The number of hydrogen-bond donors (Lipinski definition) is 2. The van der Waals surface area contributed by atoms with E-state index in [0.29, 0.717) is 36.9 Å². The fourth-order valence-corrected chi connectivity index (χ4v) is 2.86. The largest absolute Gasteiger partial charge is 0.493 e. The quantitative estimate of drug-likeness (QED) is 0.517. The molecule has 0 bridgehead atoms. The number of aryl methyl sites for hydroxylation is 1. The van der Waals surface area contributed by atoms with Gasteiger partial charge in [0.15, 0.2) is 11.5 Å². The van der Waals surface area contributed by atoms with E-state index in [1.807, 2.05) is 37.3 Å². The lowest BCUT2D eigenvalue weighted by Gasteiger charge is -2.11. The van der Waals surface area contributed by atoms with Crippen LogP contribution in [0.2, 0.25) is 0 Å². The predicted molar refractivity (Wildman–Crippen MR) is 118 cm³/mol. The summed E-state index contributed by atoms with van der Waals surface area (Å²) in [6.45, 7) is 2.94. The Hall–Kier alpha value is -3.92. The highest BCUT2D eigenvalue weighted by molar-refractivity contribution is 5.73. The Labute approximate surface area is 181 Å². The second-order valence-corrected chi connectivity index (χ2v) is 6.85. The molecule has 1 aromatic heterocycles. The highest BCUT2D eigenvalue weighted by Gasteiger charge is 2.09. The van der Waals surface area contributed by atoms with E-state index in [4.69, 9.17) is 20.3 Å². The van der Waals surface area contributed by atoms with Crippen LogP contribution in [-0.4, -0.2) is 31.3 Å². The van der Waals surface area contributed by atoms with Crippen LogP contribution in [0.3, 0.4) is 0 Å². The van der Waals surface area contributed by atoms with Crippen LogP contribution in [0.15, 0.2) is 53.1 Å². The van der Waals surface area contributed by atoms with Gasteiger partial charge in [-0.05, 0) is 36.8 Å². The second kappa shape index (κ2) is 10.7. The number of benzene rings is 2. The molecule has 31 heavy (non-hydrogen) atoms. The number of nitrogens with one attached hydrogen (secondary N) is 2. The molecule has 0 aliphatic carbocycles. The van der Waals surface area contributed by atoms with Gasteiger partial charge in [-0.2, -0.15) is 0 Å². The summed E-state index contributed by atoms with van der Waals surface area (Å²) in [5.41, 5.74) is 3.74. The molecule has 1 heterocycles. The molecule has 0 aliphatic rings. The Morgan fingerprint density at radius 1 is 1.16 bits per heavy atom. The van der Waals surface area contributed by atoms with E-state index in [2.05, 4.69) is 21.5 Å². The summed E-state index contributed by atoms with van der Waals surface area (Å²) in [5, 5.41) is 5.63. The topological polar surface area (TPSA) is 85.6 Å². The minimum atomic E-state index is -0.274. The first-order chi connectivity index (χ1) is 15.1. The zero-order valence-electron chi connectivity index (χ0n) is 17.6. The van der Waals surface area contributed by atoms with Gasteiger partial charge < -0.3 is 24.5 Å². The van der Waals surface area contributed by atoms with Crippen LogP contribution in [0.4, 0.5) is 4.79 Å². The first-order valence-corrected chi connectivity index (χ1v) is 9.85. The van der Waals surface area contributed by atoms with E-state index in [1.165, 1.54) is 5.56 Å². The highest BCUT2D eigenvalue weighted by atomic mass is 16.5. The van der Waals surface area contributed by atoms with E-state index < -0.39 is 0 Å². The standard InChI is InChI=1S/C24H25N3O4/c1-4-13-30-22-14-18(7-10-21(22)29-3)15-26-24(28)25-12-11-20-16-31-23(27-20)19-8-5-17(2)6-9-19/h1,5-10,14,16H,11-13,15H2,2-3H3,(H2,25,26,28). The van der Waals surface area contributed by atoms with Gasteiger partial charge in [0, 0.05) is 25.1 Å². The lowest BCUT2D eigenvalue weighted by atomic mass is 10.1. The number of hydrogen-bond acceptors (Lipinski definition) is 5. The van der Waals surface area contributed by atoms with Gasteiger partial charge in [-0.15, -0.1) is 6.42 Å². The van der Waals surface area contributed by atoms with Crippen molar-refractivity contribution < 1.29 is 18.7 Å².